The van der Waals surface area contributed by atoms with Crippen LogP contribution in [0, 0.1) is 11.2 Å². The van der Waals surface area contributed by atoms with Crippen LogP contribution in [0.2, 0.25) is 0 Å². The molecule has 4 N–H and O–H groups in total. The van der Waals surface area contributed by atoms with Crippen LogP contribution >= 0.6 is 0 Å². The summed E-state index contributed by atoms with van der Waals surface area (Å²) in [5, 5.41) is 21.8. The molecule has 0 saturated carbocycles. The first-order valence-corrected chi connectivity index (χ1v) is 13.1. The van der Waals surface area contributed by atoms with Crippen molar-refractivity contribution in [3.8, 4) is 39.7 Å². The average Bonchev–Trinajstić information content (AvgIpc) is 3.55. The topological polar surface area (TPSA) is 138 Å². The Morgan fingerprint density at radius 3 is 2.63 bits per heavy atom. The molecule has 0 amide bonds. The van der Waals surface area contributed by atoms with E-state index in [1.165, 1.54) is 19.2 Å². The number of imidazole rings is 1. The van der Waals surface area contributed by atoms with Crippen molar-refractivity contribution in [3.05, 3.63) is 67.0 Å². The predicted octanol–water partition coefficient (Wildman–Crippen LogP) is 5.94. The Morgan fingerprint density at radius 1 is 1.00 bits per heavy atom. The molecular formula is C30H29FN8O2. The summed E-state index contributed by atoms with van der Waals surface area (Å²) in [5.41, 5.74) is 5.89. The number of nitrogens with zero attached hydrogens (tertiary/aromatic N) is 5. The van der Waals surface area contributed by atoms with Gasteiger partial charge in [-0.3, -0.25) is 15.1 Å². The first-order valence-electron chi connectivity index (χ1n) is 13.1. The lowest BCUT2D eigenvalue weighted by atomic mass is 9.91. The van der Waals surface area contributed by atoms with Crippen molar-refractivity contribution in [3.63, 3.8) is 0 Å². The normalized spacial score (nSPS) is 12.6. The van der Waals surface area contributed by atoms with E-state index < -0.39 is 12.0 Å². The van der Waals surface area contributed by atoms with Gasteiger partial charge in [0, 0.05) is 41.3 Å². The highest BCUT2D eigenvalue weighted by atomic mass is 19.1. The molecule has 41 heavy (non-hydrogen) atoms. The SMILES string of the molecule is COc1cc(F)cc(-c2nccc3[nH]c(-c4n[nH]c5ncc(-c6cncc(NC(O)CC(C)(C)C)c6)cc45)nc23)c1. The maximum atomic E-state index is 14.3. The van der Waals surface area contributed by atoms with E-state index in [9.17, 15) is 9.50 Å². The summed E-state index contributed by atoms with van der Waals surface area (Å²) < 4.78 is 19.5. The number of rotatable bonds is 7. The van der Waals surface area contributed by atoms with Crippen LogP contribution in [0.4, 0.5) is 10.1 Å². The lowest BCUT2D eigenvalue weighted by molar-refractivity contribution is 0.145. The molecule has 1 unspecified atom stereocenters. The van der Waals surface area contributed by atoms with E-state index in [-0.39, 0.29) is 5.41 Å². The number of methoxy groups -OCH3 is 1. The molecule has 0 aliphatic heterocycles. The van der Waals surface area contributed by atoms with Gasteiger partial charge in [0.25, 0.3) is 0 Å². The van der Waals surface area contributed by atoms with E-state index in [1.807, 2.05) is 18.2 Å². The Morgan fingerprint density at radius 2 is 1.83 bits per heavy atom. The molecule has 6 aromatic rings. The van der Waals surface area contributed by atoms with Gasteiger partial charge in [0.1, 0.15) is 29.0 Å². The van der Waals surface area contributed by atoms with E-state index in [2.05, 4.69) is 56.2 Å². The van der Waals surface area contributed by atoms with Gasteiger partial charge in [0.15, 0.2) is 11.5 Å². The highest BCUT2D eigenvalue weighted by Gasteiger charge is 2.19. The largest absolute Gasteiger partial charge is 0.497 e. The Balaban J connectivity index is 1.37. The Hall–Kier alpha value is -4.90. The maximum Gasteiger partial charge on any atom is 0.159 e. The number of pyridine rings is 3. The molecule has 10 nitrogen and oxygen atoms in total. The number of ether oxygens (including phenoxy) is 1. The van der Waals surface area contributed by atoms with E-state index in [0.29, 0.717) is 51.8 Å². The molecule has 11 heteroatoms. The molecule has 6 rings (SSSR count). The van der Waals surface area contributed by atoms with Gasteiger partial charge in [0.05, 0.1) is 35.6 Å². The summed E-state index contributed by atoms with van der Waals surface area (Å²) in [5.74, 6) is 0.480. The fraction of sp³-hybridized carbons (Fsp3) is 0.233. The molecular weight excluding hydrogens is 523 g/mol. The molecule has 5 heterocycles. The number of benzene rings is 1. The molecule has 0 aliphatic carbocycles. The van der Waals surface area contributed by atoms with E-state index in [1.54, 1.807) is 30.9 Å². The van der Waals surface area contributed by atoms with E-state index in [4.69, 9.17) is 9.72 Å². The second-order valence-corrected chi connectivity index (χ2v) is 11.1. The molecule has 1 atom stereocenters. The number of hydrogen-bond donors (Lipinski definition) is 4. The van der Waals surface area contributed by atoms with Gasteiger partial charge in [0.2, 0.25) is 0 Å². The fourth-order valence-electron chi connectivity index (χ4n) is 4.82. The molecule has 0 spiro atoms. The maximum absolute atomic E-state index is 14.3. The minimum atomic E-state index is -0.700. The summed E-state index contributed by atoms with van der Waals surface area (Å²) in [7, 11) is 1.49. The molecule has 0 saturated heterocycles. The Kier molecular flexibility index (Phi) is 6.58. The quantitative estimate of drug-likeness (QED) is 0.179. The van der Waals surface area contributed by atoms with Crippen LogP contribution in [0.15, 0.2) is 61.2 Å². The van der Waals surface area contributed by atoms with E-state index >= 15 is 0 Å². The molecule has 208 valence electrons. The van der Waals surface area contributed by atoms with Crippen molar-refractivity contribution in [2.75, 3.05) is 12.4 Å². The smallest absolute Gasteiger partial charge is 0.159 e. The molecule has 1 aromatic carbocycles. The van der Waals surface area contributed by atoms with E-state index in [0.717, 1.165) is 22.0 Å². The highest BCUT2D eigenvalue weighted by Crippen LogP contribution is 2.33. The third kappa shape index (κ3) is 5.44. The summed E-state index contributed by atoms with van der Waals surface area (Å²) in [6.45, 7) is 6.23. The van der Waals surface area contributed by atoms with Crippen molar-refractivity contribution < 1.29 is 14.2 Å². The van der Waals surface area contributed by atoms with Crippen molar-refractivity contribution in [2.45, 2.75) is 33.4 Å². The highest BCUT2D eigenvalue weighted by molar-refractivity contribution is 5.96. The summed E-state index contributed by atoms with van der Waals surface area (Å²) >= 11 is 0. The number of fused-ring (bicyclic) bond motifs is 2. The lowest BCUT2D eigenvalue weighted by Crippen LogP contribution is -2.25. The zero-order valence-electron chi connectivity index (χ0n) is 23.0. The van der Waals surface area contributed by atoms with Crippen molar-refractivity contribution in [1.82, 2.24) is 35.1 Å². The number of aromatic amines is 2. The van der Waals surface area contributed by atoms with Crippen LogP contribution < -0.4 is 10.1 Å². The number of halogens is 1. The molecule has 0 fully saturated rings. The van der Waals surface area contributed by atoms with Crippen LogP contribution in [0.3, 0.4) is 0 Å². The second kappa shape index (κ2) is 10.3. The van der Waals surface area contributed by atoms with Gasteiger partial charge in [-0.2, -0.15) is 5.10 Å². The minimum Gasteiger partial charge on any atom is -0.497 e. The fourth-order valence-corrected chi connectivity index (χ4v) is 4.82. The number of aliphatic hydroxyl groups is 1. The molecule has 5 aromatic heterocycles. The molecule has 0 radical (unpaired) electrons. The summed E-state index contributed by atoms with van der Waals surface area (Å²) in [6.07, 6.45) is 6.70. The second-order valence-electron chi connectivity index (χ2n) is 11.1. The van der Waals surface area contributed by atoms with Crippen LogP contribution in [0.25, 0.3) is 56.0 Å². The molecule has 0 aliphatic rings. The van der Waals surface area contributed by atoms with Crippen LogP contribution in [-0.4, -0.2) is 53.6 Å². The van der Waals surface area contributed by atoms with Crippen LogP contribution in [-0.2, 0) is 0 Å². The number of aliphatic hydroxyl groups excluding tert-OH is 1. The number of hydrogen-bond acceptors (Lipinski definition) is 8. The van der Waals surface area contributed by atoms with Crippen LogP contribution in [0.5, 0.6) is 5.75 Å². The standard InChI is InChI=1S/C30H29FN8O2/c1-30(2,3)12-24(40)35-20-8-17(13-32-15-20)18-10-22-26(38-39-28(22)34-14-18)29-36-23-5-6-33-25(27(23)37-29)16-7-19(31)11-21(9-16)41-4/h5-11,13-15,24,35,40H,12H2,1-4H3,(H,36,37)(H,34,38,39). The minimum absolute atomic E-state index is 0.0261. The number of aromatic nitrogens is 7. The van der Waals surface area contributed by atoms with Gasteiger partial charge in [-0.25, -0.2) is 14.4 Å². The Labute approximate surface area is 235 Å². The summed E-state index contributed by atoms with van der Waals surface area (Å²) in [4.78, 5) is 21.5. The van der Waals surface area contributed by atoms with Crippen LogP contribution in [0.1, 0.15) is 27.2 Å². The lowest BCUT2D eigenvalue weighted by Gasteiger charge is -2.23. The van der Waals surface area contributed by atoms with Gasteiger partial charge in [-0.15, -0.1) is 0 Å². The number of nitrogens with one attached hydrogen (secondary N) is 3. The monoisotopic (exact) mass is 552 g/mol. The van der Waals surface area contributed by atoms with Gasteiger partial charge in [-0.1, -0.05) is 20.8 Å². The predicted molar refractivity (Wildman–Crippen MR) is 156 cm³/mol. The zero-order valence-corrected chi connectivity index (χ0v) is 23.0. The third-order valence-electron chi connectivity index (χ3n) is 6.63. The zero-order chi connectivity index (χ0) is 28.7. The van der Waals surface area contributed by atoms with Gasteiger partial charge < -0.3 is 20.1 Å². The van der Waals surface area contributed by atoms with Crippen molar-refractivity contribution in [1.29, 1.82) is 0 Å². The number of H-pyrrole nitrogens is 2. The van der Waals surface area contributed by atoms with Gasteiger partial charge in [-0.05, 0) is 42.2 Å². The van der Waals surface area contributed by atoms with Crippen molar-refractivity contribution in [2.24, 2.45) is 5.41 Å². The van der Waals surface area contributed by atoms with Crippen molar-refractivity contribution >= 4 is 27.8 Å². The Bertz CT molecular complexity index is 1870. The first-order chi connectivity index (χ1) is 19.7. The summed E-state index contributed by atoms with van der Waals surface area (Å²) in [6, 6.07) is 10.1. The first kappa shape index (κ1) is 26.3. The third-order valence-corrected chi connectivity index (χ3v) is 6.63. The molecule has 0 bridgehead atoms. The van der Waals surface area contributed by atoms with Gasteiger partial charge >= 0.3 is 0 Å². The average molecular weight is 553 g/mol. The number of anilines is 1.